The number of hydrogen-bond donors (Lipinski definition) is 1. The third kappa shape index (κ3) is 5.10. The number of nitro benzene ring substituents is 1. The Hall–Kier alpha value is -1.13. The van der Waals surface area contributed by atoms with E-state index in [1.54, 1.807) is 12.1 Å². The van der Waals surface area contributed by atoms with Crippen molar-refractivity contribution in [1.82, 2.24) is 5.32 Å². The van der Waals surface area contributed by atoms with Gasteiger partial charge in [-0.2, -0.15) is 0 Å². The fourth-order valence-electron chi connectivity index (χ4n) is 2.29. The predicted molar refractivity (Wildman–Crippen MR) is 83.2 cm³/mol. The number of hydrogen-bond acceptors (Lipinski definition) is 3. The number of rotatable bonds is 9. The Kier molecular flexibility index (Phi) is 7.55. The van der Waals surface area contributed by atoms with Crippen LogP contribution < -0.4 is 5.32 Å². The molecule has 5 heteroatoms. The zero-order valence-electron chi connectivity index (χ0n) is 12.2. The van der Waals surface area contributed by atoms with Crippen LogP contribution in [0.15, 0.2) is 18.2 Å². The van der Waals surface area contributed by atoms with E-state index >= 15 is 0 Å². The van der Waals surface area contributed by atoms with Gasteiger partial charge < -0.3 is 5.32 Å². The van der Waals surface area contributed by atoms with Crippen molar-refractivity contribution in [3.8, 4) is 0 Å². The van der Waals surface area contributed by atoms with Crippen molar-refractivity contribution >= 4 is 17.3 Å². The van der Waals surface area contributed by atoms with Crippen LogP contribution in [0.5, 0.6) is 0 Å². The second-order valence-electron chi connectivity index (χ2n) is 5.00. The standard InChI is InChI=1S/C15H23ClN2O2/c1-3-5-8-12(7-4-2)17-11-13-14(16)9-6-10-15(13)18(19)20/h6,9-10,12,17H,3-5,7-8,11H2,1-2H3. The average molecular weight is 299 g/mol. The number of nitro groups is 1. The lowest BCUT2D eigenvalue weighted by molar-refractivity contribution is -0.385. The molecule has 20 heavy (non-hydrogen) atoms. The van der Waals surface area contributed by atoms with E-state index in [1.807, 2.05) is 0 Å². The maximum absolute atomic E-state index is 11.0. The number of benzene rings is 1. The molecule has 0 aliphatic carbocycles. The monoisotopic (exact) mass is 298 g/mol. The lowest BCUT2D eigenvalue weighted by Crippen LogP contribution is -2.28. The molecule has 0 fully saturated rings. The summed E-state index contributed by atoms with van der Waals surface area (Å²) in [5.41, 5.74) is 0.674. The summed E-state index contributed by atoms with van der Waals surface area (Å²) in [6, 6.07) is 5.22. The van der Waals surface area contributed by atoms with E-state index in [9.17, 15) is 10.1 Å². The quantitative estimate of drug-likeness (QED) is 0.531. The van der Waals surface area contributed by atoms with Gasteiger partial charge in [0.2, 0.25) is 0 Å². The first-order valence-electron chi connectivity index (χ1n) is 7.25. The topological polar surface area (TPSA) is 55.2 Å². The zero-order chi connectivity index (χ0) is 15.0. The van der Waals surface area contributed by atoms with E-state index in [4.69, 9.17) is 11.6 Å². The minimum absolute atomic E-state index is 0.0933. The summed E-state index contributed by atoms with van der Waals surface area (Å²) >= 11 is 6.09. The minimum atomic E-state index is -0.371. The molecule has 4 nitrogen and oxygen atoms in total. The van der Waals surface area contributed by atoms with Crippen LogP contribution in [0, 0.1) is 10.1 Å². The number of nitrogens with zero attached hydrogens (tertiary/aromatic N) is 1. The maximum Gasteiger partial charge on any atom is 0.275 e. The molecular weight excluding hydrogens is 276 g/mol. The van der Waals surface area contributed by atoms with E-state index in [1.165, 1.54) is 12.5 Å². The van der Waals surface area contributed by atoms with E-state index in [2.05, 4.69) is 19.2 Å². The van der Waals surface area contributed by atoms with Crippen LogP contribution in [0.4, 0.5) is 5.69 Å². The number of halogens is 1. The summed E-state index contributed by atoms with van der Waals surface area (Å²) in [5, 5.41) is 14.9. The van der Waals surface area contributed by atoms with E-state index in [0.717, 1.165) is 25.7 Å². The summed E-state index contributed by atoms with van der Waals surface area (Å²) in [4.78, 5) is 10.7. The Labute approximate surface area is 125 Å². The lowest BCUT2D eigenvalue weighted by atomic mass is 10.0. The van der Waals surface area contributed by atoms with Crippen molar-refractivity contribution in [1.29, 1.82) is 0 Å². The van der Waals surface area contributed by atoms with E-state index in [-0.39, 0.29) is 10.6 Å². The van der Waals surface area contributed by atoms with Crippen LogP contribution >= 0.6 is 11.6 Å². The van der Waals surface area contributed by atoms with Gasteiger partial charge in [-0.25, -0.2) is 0 Å². The van der Waals surface area contributed by atoms with Crippen LogP contribution in [-0.2, 0) is 6.54 Å². The Balaban J connectivity index is 2.74. The first kappa shape index (κ1) is 16.9. The summed E-state index contributed by atoms with van der Waals surface area (Å²) in [6.45, 7) is 4.77. The van der Waals surface area contributed by atoms with Gasteiger partial charge >= 0.3 is 0 Å². The summed E-state index contributed by atoms with van der Waals surface area (Å²) in [5.74, 6) is 0. The fourth-order valence-corrected chi connectivity index (χ4v) is 2.52. The molecule has 1 atom stereocenters. The first-order chi connectivity index (χ1) is 9.60. The van der Waals surface area contributed by atoms with Gasteiger partial charge in [-0.3, -0.25) is 10.1 Å². The molecular formula is C15H23ClN2O2. The smallest absolute Gasteiger partial charge is 0.275 e. The summed E-state index contributed by atoms with van der Waals surface area (Å²) in [6.07, 6.45) is 5.61. The second kappa shape index (κ2) is 8.93. The molecule has 0 aliphatic heterocycles. The highest BCUT2D eigenvalue weighted by Gasteiger charge is 2.17. The predicted octanol–water partition coefficient (Wildman–Crippen LogP) is 4.70. The molecule has 0 saturated heterocycles. The van der Waals surface area contributed by atoms with Gasteiger partial charge in [0.15, 0.2) is 0 Å². The normalized spacial score (nSPS) is 12.3. The first-order valence-corrected chi connectivity index (χ1v) is 7.63. The Morgan fingerprint density at radius 3 is 2.65 bits per heavy atom. The van der Waals surface area contributed by atoms with Gasteiger partial charge in [0.1, 0.15) is 0 Å². The SMILES string of the molecule is CCCCC(CCC)NCc1c(Cl)cccc1[N+](=O)[O-]. The maximum atomic E-state index is 11.0. The lowest BCUT2D eigenvalue weighted by Gasteiger charge is -2.18. The van der Waals surface area contributed by atoms with Crippen molar-refractivity contribution in [3.05, 3.63) is 38.9 Å². The van der Waals surface area contributed by atoms with Gasteiger partial charge in [-0.15, -0.1) is 0 Å². The molecule has 1 aromatic carbocycles. The van der Waals surface area contributed by atoms with Crippen molar-refractivity contribution in [2.24, 2.45) is 0 Å². The van der Waals surface area contributed by atoms with Crippen molar-refractivity contribution in [2.75, 3.05) is 0 Å². The molecule has 0 radical (unpaired) electrons. The molecule has 0 aromatic heterocycles. The molecule has 112 valence electrons. The molecule has 1 N–H and O–H groups in total. The molecule has 0 aliphatic rings. The van der Waals surface area contributed by atoms with E-state index in [0.29, 0.717) is 23.2 Å². The molecule has 0 amide bonds. The number of unbranched alkanes of at least 4 members (excludes halogenated alkanes) is 1. The average Bonchev–Trinajstić information content (AvgIpc) is 2.42. The summed E-state index contributed by atoms with van der Waals surface area (Å²) in [7, 11) is 0. The highest BCUT2D eigenvalue weighted by molar-refractivity contribution is 6.31. The van der Waals surface area contributed by atoms with Crippen LogP contribution in [0.25, 0.3) is 0 Å². The molecule has 1 rings (SSSR count). The molecule has 0 bridgehead atoms. The Morgan fingerprint density at radius 2 is 2.05 bits per heavy atom. The number of nitrogens with one attached hydrogen (secondary N) is 1. The molecule has 0 heterocycles. The molecule has 0 saturated carbocycles. The Bertz CT molecular complexity index is 438. The highest BCUT2D eigenvalue weighted by atomic mass is 35.5. The van der Waals surface area contributed by atoms with Gasteiger partial charge in [-0.05, 0) is 18.9 Å². The van der Waals surface area contributed by atoms with Gasteiger partial charge in [0.05, 0.1) is 15.5 Å². The van der Waals surface area contributed by atoms with Crippen molar-refractivity contribution < 1.29 is 4.92 Å². The second-order valence-corrected chi connectivity index (χ2v) is 5.41. The third-order valence-corrected chi connectivity index (χ3v) is 3.76. The largest absolute Gasteiger partial charge is 0.310 e. The van der Waals surface area contributed by atoms with Crippen molar-refractivity contribution in [2.45, 2.75) is 58.5 Å². The zero-order valence-corrected chi connectivity index (χ0v) is 12.9. The molecule has 1 aromatic rings. The fraction of sp³-hybridized carbons (Fsp3) is 0.600. The van der Waals surface area contributed by atoms with Gasteiger partial charge in [0.25, 0.3) is 5.69 Å². The highest BCUT2D eigenvalue weighted by Crippen LogP contribution is 2.26. The van der Waals surface area contributed by atoms with Crippen LogP contribution in [0.2, 0.25) is 5.02 Å². The van der Waals surface area contributed by atoms with Crippen LogP contribution in [0.1, 0.15) is 51.5 Å². The van der Waals surface area contributed by atoms with Crippen LogP contribution in [0.3, 0.4) is 0 Å². The Morgan fingerprint density at radius 1 is 1.30 bits per heavy atom. The minimum Gasteiger partial charge on any atom is -0.310 e. The van der Waals surface area contributed by atoms with E-state index < -0.39 is 0 Å². The van der Waals surface area contributed by atoms with Crippen molar-refractivity contribution in [3.63, 3.8) is 0 Å². The molecule has 0 spiro atoms. The third-order valence-electron chi connectivity index (χ3n) is 3.40. The van der Waals surface area contributed by atoms with Crippen LogP contribution in [-0.4, -0.2) is 11.0 Å². The van der Waals surface area contributed by atoms with Gasteiger partial charge in [-0.1, -0.05) is 50.8 Å². The van der Waals surface area contributed by atoms with Gasteiger partial charge in [0, 0.05) is 18.7 Å². The summed E-state index contributed by atoms with van der Waals surface area (Å²) < 4.78 is 0. The molecule has 1 unspecified atom stereocenters.